The van der Waals surface area contributed by atoms with Crippen LogP contribution in [0, 0.1) is 0 Å². The number of para-hydroxylation sites is 1. The molecule has 0 spiro atoms. The van der Waals surface area contributed by atoms with Gasteiger partial charge in [-0.3, -0.25) is 10.2 Å². The number of carbonyl (C=O) groups is 1. The van der Waals surface area contributed by atoms with Gasteiger partial charge in [0.15, 0.2) is 0 Å². The van der Waals surface area contributed by atoms with Crippen molar-refractivity contribution in [3.63, 3.8) is 0 Å². The highest BCUT2D eigenvalue weighted by molar-refractivity contribution is 6.12. The standard InChI is InChI=1S/C16H14N4O2/c1-9-7-20-14-5-3-2-4-10(14)11-6-12(16(21)19-17)18-13(8-22-9)15(11)20/h2-7H,8,17H2,1H3,(H,19,21). The van der Waals surface area contributed by atoms with Gasteiger partial charge in [-0.25, -0.2) is 10.8 Å². The van der Waals surface area contributed by atoms with Gasteiger partial charge in [-0.2, -0.15) is 0 Å². The van der Waals surface area contributed by atoms with Crippen molar-refractivity contribution < 1.29 is 9.53 Å². The lowest BCUT2D eigenvalue weighted by atomic mass is 10.1. The van der Waals surface area contributed by atoms with Crippen LogP contribution in [0.25, 0.3) is 28.0 Å². The van der Waals surface area contributed by atoms with Gasteiger partial charge in [-0.1, -0.05) is 18.2 Å². The van der Waals surface area contributed by atoms with E-state index in [1.54, 1.807) is 6.07 Å². The first kappa shape index (κ1) is 12.8. The number of hydrazine groups is 1. The van der Waals surface area contributed by atoms with Crippen molar-refractivity contribution in [1.29, 1.82) is 0 Å². The number of benzene rings is 1. The molecule has 3 aromatic rings. The van der Waals surface area contributed by atoms with E-state index in [0.29, 0.717) is 6.61 Å². The fraction of sp³-hybridized carbons (Fsp3) is 0.125. The molecule has 6 heteroatoms. The molecule has 0 saturated heterocycles. The monoisotopic (exact) mass is 294 g/mol. The number of ether oxygens (including phenoxy) is 1. The van der Waals surface area contributed by atoms with Crippen LogP contribution < -0.4 is 11.3 Å². The quantitative estimate of drug-likeness (QED) is 0.409. The molecule has 0 aliphatic carbocycles. The zero-order valence-corrected chi connectivity index (χ0v) is 12.0. The van der Waals surface area contributed by atoms with Gasteiger partial charge in [0.25, 0.3) is 5.91 Å². The largest absolute Gasteiger partial charge is 0.490 e. The normalized spacial score (nSPS) is 13.6. The summed E-state index contributed by atoms with van der Waals surface area (Å²) >= 11 is 0. The van der Waals surface area contributed by atoms with E-state index in [9.17, 15) is 4.79 Å². The van der Waals surface area contributed by atoms with Crippen molar-refractivity contribution in [2.24, 2.45) is 5.84 Å². The van der Waals surface area contributed by atoms with E-state index in [4.69, 9.17) is 10.6 Å². The maximum absolute atomic E-state index is 11.9. The molecule has 2 aromatic heterocycles. The second-order valence-electron chi connectivity index (χ2n) is 5.24. The number of nitrogens with zero attached hydrogens (tertiary/aromatic N) is 2. The van der Waals surface area contributed by atoms with Crippen molar-refractivity contribution in [1.82, 2.24) is 15.0 Å². The Bertz CT molecular complexity index is 956. The third-order valence-electron chi connectivity index (χ3n) is 3.87. The molecule has 0 bridgehead atoms. The minimum absolute atomic E-state index is 0.288. The van der Waals surface area contributed by atoms with E-state index in [-0.39, 0.29) is 5.69 Å². The first-order valence-corrected chi connectivity index (χ1v) is 6.94. The third-order valence-corrected chi connectivity index (χ3v) is 3.87. The van der Waals surface area contributed by atoms with E-state index in [1.165, 1.54) is 0 Å². The summed E-state index contributed by atoms with van der Waals surface area (Å²) < 4.78 is 7.73. The van der Waals surface area contributed by atoms with Crippen LogP contribution in [-0.4, -0.2) is 15.5 Å². The molecule has 0 atom stereocenters. The predicted molar refractivity (Wildman–Crippen MR) is 83.6 cm³/mol. The number of nitrogens with one attached hydrogen (secondary N) is 1. The number of hydrogen-bond acceptors (Lipinski definition) is 4. The zero-order valence-electron chi connectivity index (χ0n) is 12.0. The number of pyridine rings is 1. The molecule has 1 amide bonds. The van der Waals surface area contributed by atoms with Gasteiger partial charge >= 0.3 is 0 Å². The molecule has 1 aliphatic heterocycles. The molecule has 0 saturated carbocycles. The number of aromatic nitrogens is 2. The van der Waals surface area contributed by atoms with Gasteiger partial charge in [-0.15, -0.1) is 0 Å². The molecule has 0 fully saturated rings. The van der Waals surface area contributed by atoms with Crippen molar-refractivity contribution in [3.8, 4) is 0 Å². The maximum Gasteiger partial charge on any atom is 0.283 e. The summed E-state index contributed by atoms with van der Waals surface area (Å²) in [5.41, 5.74) is 5.16. The minimum atomic E-state index is -0.413. The second kappa shape index (κ2) is 4.57. The first-order chi connectivity index (χ1) is 10.7. The Morgan fingerprint density at radius 3 is 3.00 bits per heavy atom. The van der Waals surface area contributed by atoms with Gasteiger partial charge in [0.2, 0.25) is 0 Å². The van der Waals surface area contributed by atoms with Crippen LogP contribution in [0.4, 0.5) is 0 Å². The highest BCUT2D eigenvalue weighted by Crippen LogP contribution is 2.33. The Morgan fingerprint density at radius 1 is 1.36 bits per heavy atom. The Morgan fingerprint density at radius 2 is 2.18 bits per heavy atom. The number of allylic oxidation sites excluding steroid dienone is 1. The third kappa shape index (κ3) is 1.71. The summed E-state index contributed by atoms with van der Waals surface area (Å²) in [7, 11) is 0. The lowest BCUT2D eigenvalue weighted by molar-refractivity contribution is 0.0948. The average Bonchev–Trinajstić information content (AvgIpc) is 2.75. The Hall–Kier alpha value is -2.86. The molecule has 1 aliphatic rings. The fourth-order valence-corrected chi connectivity index (χ4v) is 2.92. The SMILES string of the molecule is CC1=Cn2c3ccccc3c3cc(C(=O)NN)nc(c32)CO1. The fourth-order valence-electron chi connectivity index (χ4n) is 2.92. The van der Waals surface area contributed by atoms with E-state index in [2.05, 4.69) is 15.0 Å². The van der Waals surface area contributed by atoms with Gasteiger partial charge in [0.1, 0.15) is 23.8 Å². The van der Waals surface area contributed by atoms with Gasteiger partial charge < -0.3 is 9.30 Å². The predicted octanol–water partition coefficient (Wildman–Crippen LogP) is 2.14. The molecule has 3 heterocycles. The van der Waals surface area contributed by atoms with Gasteiger partial charge in [0.05, 0.1) is 11.0 Å². The van der Waals surface area contributed by atoms with Crippen LogP contribution in [0.2, 0.25) is 0 Å². The topological polar surface area (TPSA) is 82.2 Å². The van der Waals surface area contributed by atoms with E-state index < -0.39 is 5.91 Å². The van der Waals surface area contributed by atoms with Crippen molar-refractivity contribution >= 4 is 33.9 Å². The zero-order chi connectivity index (χ0) is 15.3. The minimum Gasteiger partial charge on any atom is -0.490 e. The molecule has 22 heavy (non-hydrogen) atoms. The molecule has 4 rings (SSSR count). The average molecular weight is 294 g/mol. The van der Waals surface area contributed by atoms with E-state index >= 15 is 0 Å². The van der Waals surface area contributed by atoms with Gasteiger partial charge in [0, 0.05) is 17.0 Å². The molecule has 1 aromatic carbocycles. The number of hydrogen-bond donors (Lipinski definition) is 2. The number of nitrogens with two attached hydrogens (primary N) is 1. The van der Waals surface area contributed by atoms with Crippen LogP contribution in [0.15, 0.2) is 36.1 Å². The molecule has 0 unspecified atom stereocenters. The molecule has 110 valence electrons. The van der Waals surface area contributed by atoms with Crippen LogP contribution in [0.1, 0.15) is 23.1 Å². The van der Waals surface area contributed by atoms with Crippen molar-refractivity contribution in [2.45, 2.75) is 13.5 Å². The second-order valence-corrected chi connectivity index (χ2v) is 5.24. The first-order valence-electron chi connectivity index (χ1n) is 6.94. The summed E-state index contributed by atoms with van der Waals surface area (Å²) in [5.74, 6) is 5.62. The van der Waals surface area contributed by atoms with Crippen LogP contribution in [0.3, 0.4) is 0 Å². The summed E-state index contributed by atoms with van der Waals surface area (Å²) in [6.45, 7) is 2.22. The number of rotatable bonds is 1. The van der Waals surface area contributed by atoms with E-state index in [0.717, 1.165) is 33.3 Å². The Kier molecular flexibility index (Phi) is 2.67. The van der Waals surface area contributed by atoms with Crippen molar-refractivity contribution in [2.75, 3.05) is 0 Å². The van der Waals surface area contributed by atoms with Crippen molar-refractivity contribution in [3.05, 3.63) is 47.5 Å². The molecule has 6 nitrogen and oxygen atoms in total. The molecule has 0 radical (unpaired) electrons. The summed E-state index contributed by atoms with van der Waals surface area (Å²) in [6, 6.07) is 9.81. The van der Waals surface area contributed by atoms with Crippen LogP contribution in [0.5, 0.6) is 0 Å². The molecular formula is C16H14N4O2. The highest BCUT2D eigenvalue weighted by Gasteiger charge is 2.20. The molecular weight excluding hydrogens is 280 g/mol. The lowest BCUT2D eigenvalue weighted by Gasteiger charge is -2.06. The number of carbonyl (C=O) groups excluding carboxylic acids is 1. The van der Waals surface area contributed by atoms with E-state index in [1.807, 2.05) is 37.4 Å². The molecule has 3 N–H and O–H groups in total. The summed E-state index contributed by atoms with van der Waals surface area (Å²) in [6.07, 6.45) is 1.95. The summed E-state index contributed by atoms with van der Waals surface area (Å²) in [4.78, 5) is 16.3. The van der Waals surface area contributed by atoms with Crippen LogP contribution in [-0.2, 0) is 11.3 Å². The van der Waals surface area contributed by atoms with Crippen LogP contribution >= 0.6 is 0 Å². The number of fused-ring (bicyclic) bond motifs is 3. The smallest absolute Gasteiger partial charge is 0.283 e. The lowest BCUT2D eigenvalue weighted by Crippen LogP contribution is -2.30. The Balaban J connectivity index is 2.18. The Labute approximate surface area is 126 Å². The highest BCUT2D eigenvalue weighted by atomic mass is 16.5. The van der Waals surface area contributed by atoms with Gasteiger partial charge in [-0.05, 0) is 19.1 Å². The summed E-state index contributed by atoms with van der Waals surface area (Å²) in [5, 5.41) is 2.03. The number of nitrogen functional groups attached to an aromatic ring is 1. The number of amides is 1. The maximum atomic E-state index is 11.9.